The number of aromatic nitrogens is 2. The van der Waals surface area contributed by atoms with Crippen LogP contribution < -0.4 is 16.0 Å². The summed E-state index contributed by atoms with van der Waals surface area (Å²) in [6, 6.07) is 9.77. The van der Waals surface area contributed by atoms with E-state index in [1.165, 1.54) is 6.34 Å². The smallest absolute Gasteiger partial charge is 0.258 e. The number of aliphatic imine (C=N–C) groups is 2. The quantitative estimate of drug-likeness (QED) is 0.396. The molecule has 9 nitrogen and oxygen atoms in total. The van der Waals surface area contributed by atoms with Crippen LogP contribution in [0.2, 0.25) is 0 Å². The average Bonchev–Trinajstić information content (AvgIpc) is 3.25. The Morgan fingerprint density at radius 1 is 1.19 bits per heavy atom. The fourth-order valence-corrected chi connectivity index (χ4v) is 5.56. The molecule has 0 radical (unpaired) electrons. The summed E-state index contributed by atoms with van der Waals surface area (Å²) >= 11 is 1.56. The Bertz CT molecular complexity index is 1370. The van der Waals surface area contributed by atoms with Crippen molar-refractivity contribution in [3.63, 3.8) is 0 Å². The zero-order valence-electron chi connectivity index (χ0n) is 21.2. The molecule has 0 unspecified atom stereocenters. The molecule has 1 fully saturated rings. The Morgan fingerprint density at radius 2 is 2.03 bits per heavy atom. The van der Waals surface area contributed by atoms with Crippen LogP contribution in [0.5, 0.6) is 5.75 Å². The molecule has 3 aromatic rings. The SMILES string of the molecule is CC(C)N=C(N=CN)c1nc2c(s1)CCOc1ccc(-c3cccn(CCN4CCOCC4)c3=O)cc1-2. The molecule has 1 aromatic carbocycles. The maximum atomic E-state index is 13.4. The van der Waals surface area contributed by atoms with Gasteiger partial charge in [-0.25, -0.2) is 9.98 Å². The number of fused-ring (bicyclic) bond motifs is 3. The van der Waals surface area contributed by atoms with E-state index < -0.39 is 0 Å². The van der Waals surface area contributed by atoms with Gasteiger partial charge in [0.2, 0.25) is 0 Å². The lowest BCUT2D eigenvalue weighted by Gasteiger charge is -2.26. The standard InChI is InChI=1S/C27H32N6O3S/c1-18(2)30-25(29-17-28)26-31-24-21-16-19(5-6-22(21)36-13-7-23(24)37-26)20-4-3-8-33(27(20)34)10-9-32-11-14-35-15-12-32/h3-6,8,16-18H,7,9-15H2,1-2H3,(H2,28,29,30). The highest BCUT2D eigenvalue weighted by atomic mass is 32.1. The van der Waals surface area contributed by atoms with E-state index in [-0.39, 0.29) is 11.6 Å². The second-order valence-electron chi connectivity index (χ2n) is 9.30. The van der Waals surface area contributed by atoms with Gasteiger partial charge in [0.15, 0.2) is 10.8 Å². The average molecular weight is 521 g/mol. The number of pyridine rings is 1. The summed E-state index contributed by atoms with van der Waals surface area (Å²) in [4.78, 5) is 30.6. The first-order chi connectivity index (χ1) is 18.0. The van der Waals surface area contributed by atoms with Gasteiger partial charge in [-0.15, -0.1) is 11.3 Å². The predicted molar refractivity (Wildman–Crippen MR) is 148 cm³/mol. The van der Waals surface area contributed by atoms with Crippen LogP contribution in [-0.4, -0.2) is 72.1 Å². The van der Waals surface area contributed by atoms with Crippen molar-refractivity contribution in [3.8, 4) is 28.1 Å². The molecule has 5 rings (SSSR count). The normalized spacial score (nSPS) is 16.5. The van der Waals surface area contributed by atoms with E-state index in [9.17, 15) is 4.79 Å². The van der Waals surface area contributed by atoms with Crippen molar-refractivity contribution in [2.45, 2.75) is 32.9 Å². The lowest BCUT2D eigenvalue weighted by atomic mass is 10.0. The summed E-state index contributed by atoms with van der Waals surface area (Å²) in [6.45, 7) is 9.29. The van der Waals surface area contributed by atoms with Gasteiger partial charge < -0.3 is 19.8 Å². The Hall–Kier alpha value is -3.34. The summed E-state index contributed by atoms with van der Waals surface area (Å²) in [6.07, 6.45) is 3.84. The van der Waals surface area contributed by atoms with Crippen LogP contribution >= 0.6 is 11.3 Å². The molecule has 2 aliphatic rings. The van der Waals surface area contributed by atoms with Gasteiger partial charge in [-0.1, -0.05) is 6.07 Å². The van der Waals surface area contributed by atoms with Gasteiger partial charge in [0.25, 0.3) is 5.56 Å². The highest BCUT2D eigenvalue weighted by Crippen LogP contribution is 2.39. The zero-order valence-corrected chi connectivity index (χ0v) is 22.0. The van der Waals surface area contributed by atoms with Gasteiger partial charge in [0, 0.05) is 60.8 Å². The molecule has 0 amide bonds. The number of benzene rings is 1. The molecular weight excluding hydrogens is 488 g/mol. The molecule has 37 heavy (non-hydrogen) atoms. The van der Waals surface area contributed by atoms with Crippen LogP contribution in [0.3, 0.4) is 0 Å². The minimum atomic E-state index is -0.00641. The zero-order chi connectivity index (χ0) is 25.8. The van der Waals surface area contributed by atoms with Crippen LogP contribution in [0.4, 0.5) is 0 Å². The molecule has 0 spiro atoms. The number of ether oxygens (including phenoxy) is 2. The van der Waals surface area contributed by atoms with Gasteiger partial charge in [0.1, 0.15) is 5.75 Å². The minimum absolute atomic E-state index is 0.00641. The number of morpholine rings is 1. The Labute approximate surface area is 220 Å². The summed E-state index contributed by atoms with van der Waals surface area (Å²) < 4.78 is 13.3. The van der Waals surface area contributed by atoms with Crippen LogP contribution in [-0.2, 0) is 17.7 Å². The summed E-state index contributed by atoms with van der Waals surface area (Å²) in [5.74, 6) is 1.29. The second kappa shape index (κ2) is 11.4. The van der Waals surface area contributed by atoms with E-state index in [1.807, 2.05) is 50.4 Å². The summed E-state index contributed by atoms with van der Waals surface area (Å²) in [5.41, 5.74) is 8.79. The van der Waals surface area contributed by atoms with E-state index in [1.54, 1.807) is 15.9 Å². The Kier molecular flexibility index (Phi) is 7.78. The van der Waals surface area contributed by atoms with Crippen molar-refractivity contribution < 1.29 is 9.47 Å². The number of hydrogen-bond donors (Lipinski definition) is 1. The molecule has 0 aliphatic carbocycles. The Balaban J connectivity index is 1.49. The molecule has 0 atom stereocenters. The number of nitrogens with two attached hydrogens (primary N) is 1. The van der Waals surface area contributed by atoms with E-state index >= 15 is 0 Å². The first-order valence-electron chi connectivity index (χ1n) is 12.6. The largest absolute Gasteiger partial charge is 0.493 e. The van der Waals surface area contributed by atoms with Crippen LogP contribution in [0.1, 0.15) is 23.7 Å². The molecule has 194 valence electrons. The monoisotopic (exact) mass is 520 g/mol. The third-order valence-electron chi connectivity index (χ3n) is 6.38. The molecule has 0 bridgehead atoms. The fraction of sp³-hybridized carbons (Fsp3) is 0.407. The van der Waals surface area contributed by atoms with Gasteiger partial charge in [-0.2, -0.15) is 0 Å². The first-order valence-corrected chi connectivity index (χ1v) is 13.4. The maximum Gasteiger partial charge on any atom is 0.258 e. The number of rotatable bonds is 6. The highest BCUT2D eigenvalue weighted by molar-refractivity contribution is 7.14. The van der Waals surface area contributed by atoms with Crippen molar-refractivity contribution in [3.05, 3.63) is 56.8 Å². The Morgan fingerprint density at radius 3 is 2.81 bits per heavy atom. The van der Waals surface area contributed by atoms with Crippen molar-refractivity contribution in [2.75, 3.05) is 39.5 Å². The fourth-order valence-electron chi connectivity index (χ4n) is 4.55. The van der Waals surface area contributed by atoms with Gasteiger partial charge >= 0.3 is 0 Å². The first kappa shape index (κ1) is 25.3. The third kappa shape index (κ3) is 5.66. The van der Waals surface area contributed by atoms with Gasteiger partial charge in [-0.3, -0.25) is 14.7 Å². The van der Waals surface area contributed by atoms with Crippen molar-refractivity contribution >= 4 is 23.5 Å². The van der Waals surface area contributed by atoms with E-state index in [0.29, 0.717) is 24.6 Å². The molecule has 1 saturated heterocycles. The number of hydrogen-bond acceptors (Lipinski definition) is 7. The molecular formula is C27H32N6O3S. The molecule has 2 aliphatic heterocycles. The minimum Gasteiger partial charge on any atom is -0.493 e. The summed E-state index contributed by atoms with van der Waals surface area (Å²) in [5, 5.41) is 0.726. The van der Waals surface area contributed by atoms with Crippen molar-refractivity contribution in [1.29, 1.82) is 0 Å². The topological polar surface area (TPSA) is 107 Å². The van der Waals surface area contributed by atoms with E-state index in [0.717, 1.165) is 71.7 Å². The molecule has 2 N–H and O–H groups in total. The predicted octanol–water partition coefficient (Wildman–Crippen LogP) is 3.05. The lowest BCUT2D eigenvalue weighted by molar-refractivity contribution is 0.0363. The lowest BCUT2D eigenvalue weighted by Crippen LogP contribution is -2.39. The van der Waals surface area contributed by atoms with Crippen molar-refractivity contribution in [2.24, 2.45) is 15.7 Å². The second-order valence-corrected chi connectivity index (χ2v) is 10.4. The van der Waals surface area contributed by atoms with Crippen LogP contribution in [0, 0.1) is 0 Å². The van der Waals surface area contributed by atoms with E-state index in [2.05, 4.69) is 14.9 Å². The van der Waals surface area contributed by atoms with E-state index in [4.69, 9.17) is 20.2 Å². The van der Waals surface area contributed by atoms with Gasteiger partial charge in [0.05, 0.1) is 31.9 Å². The number of amidine groups is 1. The number of nitrogens with zero attached hydrogens (tertiary/aromatic N) is 5. The third-order valence-corrected chi connectivity index (χ3v) is 7.49. The van der Waals surface area contributed by atoms with Crippen molar-refractivity contribution in [1.82, 2.24) is 14.5 Å². The summed E-state index contributed by atoms with van der Waals surface area (Å²) in [7, 11) is 0. The molecule has 0 saturated carbocycles. The maximum absolute atomic E-state index is 13.4. The molecule has 10 heteroatoms. The molecule has 2 aromatic heterocycles. The van der Waals surface area contributed by atoms with Crippen LogP contribution in [0.25, 0.3) is 22.4 Å². The van der Waals surface area contributed by atoms with Gasteiger partial charge in [-0.05, 0) is 43.7 Å². The number of thiazole rings is 1. The molecule has 4 heterocycles. The highest BCUT2D eigenvalue weighted by Gasteiger charge is 2.23. The van der Waals surface area contributed by atoms with Crippen LogP contribution in [0.15, 0.2) is 51.3 Å².